The molecule has 0 bridgehead atoms. The summed E-state index contributed by atoms with van der Waals surface area (Å²) in [5, 5.41) is 1.62. The van der Waals surface area contributed by atoms with Crippen LogP contribution in [0.3, 0.4) is 0 Å². The van der Waals surface area contributed by atoms with Crippen molar-refractivity contribution >= 4 is 70.6 Å². The van der Waals surface area contributed by atoms with Crippen molar-refractivity contribution in [2.45, 2.75) is 26.7 Å². The molecular weight excluding hydrogens is 157 g/mol. The molecule has 0 amide bonds. The van der Waals surface area contributed by atoms with Crippen molar-refractivity contribution < 1.29 is 0 Å². The molecule has 0 N–H and O–H groups in total. The Morgan fingerprint density at radius 2 is 0.786 bits per heavy atom. The minimum atomic E-state index is 0.392. The zero-order valence-electron chi connectivity index (χ0n) is 11.6. The van der Waals surface area contributed by atoms with Crippen LogP contribution in [-0.4, -0.2) is 70.6 Å². The van der Waals surface area contributed by atoms with Gasteiger partial charge in [0.05, 0.1) is 62.8 Å². The largest absolute Gasteiger partial charge is 0.103 e. The molecule has 0 nitrogen and oxygen atoms in total. The summed E-state index contributed by atoms with van der Waals surface area (Å²) < 4.78 is 0. The van der Waals surface area contributed by atoms with Gasteiger partial charge < -0.3 is 0 Å². The predicted octanol–water partition coefficient (Wildman–Crippen LogP) is -7.05. The maximum atomic E-state index is 2.44. The Morgan fingerprint density at radius 3 is 0.857 bits per heavy atom. The van der Waals surface area contributed by atoms with Crippen molar-refractivity contribution in [2.75, 3.05) is 0 Å². The Labute approximate surface area is 97.6 Å². The molecule has 0 spiro atoms. The summed E-state index contributed by atoms with van der Waals surface area (Å²) in [6, 6.07) is 0. The third-order valence-electron chi connectivity index (χ3n) is 6.95. The molecule has 0 unspecified atom stereocenters. The van der Waals surface area contributed by atoms with E-state index in [4.69, 9.17) is 0 Å². The molecule has 1 aliphatic carbocycles. The Hall–Kier alpha value is 0.584. The van der Waals surface area contributed by atoms with Crippen LogP contribution in [0.5, 0.6) is 0 Å². The monoisotopic (exact) mass is 178 g/mol. The lowest BCUT2D eigenvalue weighted by Gasteiger charge is -2.49. The third kappa shape index (κ3) is 1.08. The highest BCUT2D eigenvalue weighted by Gasteiger charge is 2.63. The smallest absolute Gasteiger partial charge is 0.102 e. The topological polar surface area (TPSA) is 0 Å². The van der Waals surface area contributed by atoms with Gasteiger partial charge in [-0.25, -0.2) is 0 Å². The van der Waals surface area contributed by atoms with E-state index in [1.807, 2.05) is 0 Å². The van der Waals surface area contributed by atoms with E-state index in [9.17, 15) is 0 Å². The first-order valence-electron chi connectivity index (χ1n) is 5.90. The Bertz CT molecular complexity index is 228. The minimum absolute atomic E-state index is 0.392. The van der Waals surface area contributed by atoms with Gasteiger partial charge in [-0.15, -0.1) is 10.4 Å². The molecule has 1 saturated carbocycles. The predicted molar refractivity (Wildman–Crippen MR) is 91.4 cm³/mol. The summed E-state index contributed by atoms with van der Waals surface area (Å²) >= 11 is 0. The summed E-state index contributed by atoms with van der Waals surface area (Å²) in [6.45, 7) is 0. The average molecular weight is 177 g/mol. The zero-order valence-corrected chi connectivity index (χ0v) is 11.6. The van der Waals surface area contributed by atoms with Crippen LogP contribution in [0.2, 0.25) is 26.7 Å². The maximum absolute atomic E-state index is 2.44. The Morgan fingerprint density at radius 1 is 0.571 bits per heavy atom. The van der Waals surface area contributed by atoms with Crippen LogP contribution in [0.4, 0.5) is 0 Å². The van der Waals surface area contributed by atoms with Crippen molar-refractivity contribution in [3.63, 3.8) is 0 Å². The first-order valence-corrected chi connectivity index (χ1v) is 5.90. The average Bonchev–Trinajstić information content (AvgIpc) is 2.05. The van der Waals surface area contributed by atoms with Crippen molar-refractivity contribution in [1.82, 2.24) is 0 Å². The first-order chi connectivity index (χ1) is 5.90. The van der Waals surface area contributed by atoms with E-state index >= 15 is 0 Å². The maximum Gasteiger partial charge on any atom is 0.103 e. The molecule has 0 heterocycles. The minimum Gasteiger partial charge on any atom is -0.102 e. The summed E-state index contributed by atoms with van der Waals surface area (Å²) in [4.78, 5) is 0. The molecule has 0 saturated heterocycles. The highest BCUT2D eigenvalue weighted by atomic mass is 14.5. The second-order valence-corrected chi connectivity index (χ2v) is 7.42. The molecular formula is C5H19B9. The van der Waals surface area contributed by atoms with E-state index in [1.165, 1.54) is 0 Å². The van der Waals surface area contributed by atoms with Crippen LogP contribution in [0.25, 0.3) is 0 Å². The lowest BCUT2D eigenvalue weighted by Crippen LogP contribution is -2.39. The molecule has 66 valence electrons. The highest BCUT2D eigenvalue weighted by molar-refractivity contribution is 6.70. The molecule has 1 aliphatic rings. The molecule has 9 heteroatoms. The van der Waals surface area contributed by atoms with Crippen LogP contribution >= 0.6 is 0 Å². The van der Waals surface area contributed by atoms with Crippen LogP contribution in [0.1, 0.15) is 0 Å². The highest BCUT2D eigenvalue weighted by Crippen LogP contribution is 2.80. The third-order valence-corrected chi connectivity index (χ3v) is 6.95. The van der Waals surface area contributed by atoms with Gasteiger partial charge in [0.1, 0.15) is 7.85 Å². The standard InChI is InChI=1S/C5H19B9/c6-1-2(7,8)4(11,12)5(13,14)3(1,9)10/h1H,6-14H2. The van der Waals surface area contributed by atoms with Crippen LogP contribution in [-0.2, 0) is 0 Å². The molecule has 1 rings (SSSR count). The van der Waals surface area contributed by atoms with Gasteiger partial charge >= 0.3 is 0 Å². The van der Waals surface area contributed by atoms with E-state index in [-0.39, 0.29) is 0 Å². The van der Waals surface area contributed by atoms with Gasteiger partial charge in [0.25, 0.3) is 0 Å². The van der Waals surface area contributed by atoms with Crippen molar-refractivity contribution in [3.05, 3.63) is 0 Å². The Kier molecular flexibility index (Phi) is 2.56. The molecule has 0 aliphatic heterocycles. The number of hydrogen-bond acceptors (Lipinski definition) is 0. The molecule has 1 fully saturated rings. The number of rotatable bonds is 0. The van der Waals surface area contributed by atoms with Gasteiger partial charge in [0.2, 0.25) is 0 Å². The lowest BCUT2D eigenvalue weighted by molar-refractivity contribution is 0.682. The summed E-state index contributed by atoms with van der Waals surface area (Å²) in [5.74, 6) is 0.764. The second kappa shape index (κ2) is 2.83. The molecule has 0 radical (unpaired) electrons. The fourth-order valence-electron chi connectivity index (χ4n) is 3.60. The fourth-order valence-corrected chi connectivity index (χ4v) is 3.60. The van der Waals surface area contributed by atoms with E-state index in [0.29, 0.717) is 20.9 Å². The van der Waals surface area contributed by atoms with Crippen LogP contribution in [0.15, 0.2) is 0 Å². The van der Waals surface area contributed by atoms with Crippen LogP contribution in [0, 0.1) is 0 Å². The fraction of sp³-hybridized carbons (Fsp3) is 1.00. The van der Waals surface area contributed by atoms with Crippen molar-refractivity contribution in [2.24, 2.45) is 0 Å². The quantitative estimate of drug-likeness (QED) is 0.322. The normalized spacial score (nSPS) is 32.6. The van der Waals surface area contributed by atoms with Gasteiger partial charge in [-0.1, -0.05) is 16.2 Å². The molecule has 0 atom stereocenters. The van der Waals surface area contributed by atoms with E-state index in [1.54, 1.807) is 0 Å². The van der Waals surface area contributed by atoms with E-state index in [2.05, 4.69) is 70.6 Å². The van der Waals surface area contributed by atoms with E-state index in [0.717, 1.165) is 5.82 Å². The zero-order chi connectivity index (χ0) is 11.6. The van der Waals surface area contributed by atoms with Gasteiger partial charge in [-0.2, -0.15) is 0 Å². The molecule has 0 aromatic heterocycles. The molecule has 0 aromatic rings. The number of hydrogen-bond donors (Lipinski definition) is 0. The first kappa shape index (κ1) is 12.7. The van der Waals surface area contributed by atoms with Gasteiger partial charge in [0, 0.05) is 0 Å². The summed E-state index contributed by atoms with van der Waals surface area (Å²) in [5.41, 5.74) is 0. The van der Waals surface area contributed by atoms with Gasteiger partial charge in [-0.3, -0.25) is 0 Å². The molecule has 0 aromatic carbocycles. The van der Waals surface area contributed by atoms with Crippen molar-refractivity contribution in [3.8, 4) is 0 Å². The van der Waals surface area contributed by atoms with Gasteiger partial charge in [0.15, 0.2) is 0 Å². The summed E-state index contributed by atoms with van der Waals surface area (Å²) in [6.07, 6.45) is 0. The second-order valence-electron chi connectivity index (χ2n) is 7.42. The summed E-state index contributed by atoms with van der Waals surface area (Å²) in [7, 11) is 22.0. The SMILES string of the molecule is BC1C(B)(B)C(B)(B)C(B)(B)C1(B)B. The Balaban J connectivity index is 3.38. The van der Waals surface area contributed by atoms with Crippen molar-refractivity contribution in [1.29, 1.82) is 0 Å². The van der Waals surface area contributed by atoms with Gasteiger partial charge in [-0.05, 0) is 0 Å². The van der Waals surface area contributed by atoms with Crippen LogP contribution < -0.4 is 0 Å². The van der Waals surface area contributed by atoms with E-state index < -0.39 is 0 Å². The lowest BCUT2D eigenvalue weighted by atomic mass is 9.17. The molecule has 14 heavy (non-hydrogen) atoms.